The highest BCUT2D eigenvalue weighted by Gasteiger charge is 2.37. The molecule has 1 aliphatic rings. The lowest BCUT2D eigenvalue weighted by molar-refractivity contribution is 0.0630. The molecule has 0 aromatic rings. The molecular weight excluding hydrogens is 192 g/mol. The molecule has 1 rings (SSSR count). The fourth-order valence-corrected chi connectivity index (χ4v) is 2.61. The maximum atomic E-state index is 2.46. The van der Waals surface area contributed by atoms with Crippen molar-refractivity contribution in [1.29, 1.82) is 0 Å². The van der Waals surface area contributed by atoms with Crippen LogP contribution in [0.1, 0.15) is 81.1 Å². The van der Waals surface area contributed by atoms with E-state index in [1.807, 2.05) is 13.8 Å². The third kappa shape index (κ3) is 4.11. The summed E-state index contributed by atoms with van der Waals surface area (Å²) in [6, 6.07) is 0. The molecule has 0 heterocycles. The minimum atomic E-state index is 0.538. The molecule has 0 bridgehead atoms. The SMILES string of the molecule is CC.CC(C)C(C)(C)C1CCC(C)(C)CC1. The van der Waals surface area contributed by atoms with E-state index in [0.717, 1.165) is 11.8 Å². The Morgan fingerprint density at radius 2 is 1.38 bits per heavy atom. The normalized spacial score (nSPS) is 21.6. The molecule has 0 aliphatic heterocycles. The first-order valence-electron chi connectivity index (χ1n) is 7.26. The van der Waals surface area contributed by atoms with E-state index in [1.54, 1.807) is 0 Å². The van der Waals surface area contributed by atoms with E-state index in [0.29, 0.717) is 10.8 Å². The molecule has 0 saturated heterocycles. The fraction of sp³-hybridized carbons (Fsp3) is 1.00. The summed E-state index contributed by atoms with van der Waals surface area (Å²) >= 11 is 0. The average molecular weight is 226 g/mol. The monoisotopic (exact) mass is 226 g/mol. The first-order valence-corrected chi connectivity index (χ1v) is 7.26. The van der Waals surface area contributed by atoms with E-state index in [2.05, 4.69) is 41.5 Å². The van der Waals surface area contributed by atoms with Gasteiger partial charge in [0.15, 0.2) is 0 Å². The van der Waals surface area contributed by atoms with Gasteiger partial charge in [0.2, 0.25) is 0 Å². The smallest absolute Gasteiger partial charge is 0.0303 e. The zero-order valence-electron chi connectivity index (χ0n) is 13.0. The molecule has 0 amide bonds. The lowest BCUT2D eigenvalue weighted by Crippen LogP contribution is -2.34. The lowest BCUT2D eigenvalue weighted by atomic mass is 9.61. The molecule has 0 unspecified atom stereocenters. The summed E-state index contributed by atoms with van der Waals surface area (Å²) in [5.41, 5.74) is 1.15. The second-order valence-corrected chi connectivity index (χ2v) is 6.91. The van der Waals surface area contributed by atoms with Crippen LogP contribution in [0.5, 0.6) is 0 Å². The predicted molar refractivity (Wildman–Crippen MR) is 75.7 cm³/mol. The van der Waals surface area contributed by atoms with Gasteiger partial charge in [-0.3, -0.25) is 0 Å². The second-order valence-electron chi connectivity index (χ2n) is 6.91. The van der Waals surface area contributed by atoms with Gasteiger partial charge in [-0.1, -0.05) is 55.4 Å². The van der Waals surface area contributed by atoms with Gasteiger partial charge in [-0.05, 0) is 48.3 Å². The summed E-state index contributed by atoms with van der Waals surface area (Å²) in [5.74, 6) is 1.77. The van der Waals surface area contributed by atoms with Crippen molar-refractivity contribution in [3.63, 3.8) is 0 Å². The maximum absolute atomic E-state index is 2.46. The maximum Gasteiger partial charge on any atom is -0.0303 e. The van der Waals surface area contributed by atoms with Crippen molar-refractivity contribution >= 4 is 0 Å². The van der Waals surface area contributed by atoms with Crippen LogP contribution in [0, 0.1) is 22.7 Å². The molecule has 0 spiro atoms. The topological polar surface area (TPSA) is 0 Å². The Hall–Kier alpha value is 0. The second kappa shape index (κ2) is 6.07. The summed E-state index contributed by atoms with van der Waals surface area (Å²) in [6.45, 7) is 18.5. The molecule has 0 heteroatoms. The Bertz CT molecular complexity index is 176. The predicted octanol–water partition coefficient (Wildman–Crippen LogP) is 5.91. The molecule has 1 aliphatic carbocycles. The molecule has 0 radical (unpaired) electrons. The molecule has 16 heavy (non-hydrogen) atoms. The van der Waals surface area contributed by atoms with Gasteiger partial charge in [-0.2, -0.15) is 0 Å². The largest absolute Gasteiger partial charge is 0.0683 e. The quantitative estimate of drug-likeness (QED) is 0.549. The molecule has 98 valence electrons. The van der Waals surface area contributed by atoms with Crippen molar-refractivity contribution < 1.29 is 0 Å². The molecular formula is C16H34. The first-order chi connectivity index (χ1) is 7.26. The third-order valence-corrected chi connectivity index (χ3v) is 4.88. The van der Waals surface area contributed by atoms with Crippen LogP contribution < -0.4 is 0 Å². The summed E-state index contributed by atoms with van der Waals surface area (Å²) in [6.07, 6.45) is 5.73. The average Bonchev–Trinajstić information content (AvgIpc) is 2.20. The number of hydrogen-bond acceptors (Lipinski definition) is 0. The van der Waals surface area contributed by atoms with Crippen LogP contribution in [0.3, 0.4) is 0 Å². The molecule has 0 nitrogen and oxygen atoms in total. The molecule has 1 saturated carbocycles. The Labute approximate surface area is 104 Å². The summed E-state index contributed by atoms with van der Waals surface area (Å²) in [5, 5.41) is 0. The van der Waals surface area contributed by atoms with Crippen molar-refractivity contribution in [3.05, 3.63) is 0 Å². The van der Waals surface area contributed by atoms with Crippen molar-refractivity contribution in [2.45, 2.75) is 81.1 Å². The van der Waals surface area contributed by atoms with Gasteiger partial charge in [0.25, 0.3) is 0 Å². The molecule has 0 N–H and O–H groups in total. The van der Waals surface area contributed by atoms with E-state index in [1.165, 1.54) is 25.7 Å². The van der Waals surface area contributed by atoms with Crippen LogP contribution in [0.15, 0.2) is 0 Å². The summed E-state index contributed by atoms with van der Waals surface area (Å²) < 4.78 is 0. The highest BCUT2D eigenvalue weighted by molar-refractivity contribution is 4.87. The Balaban J connectivity index is 0.00000106. The van der Waals surface area contributed by atoms with E-state index in [4.69, 9.17) is 0 Å². The minimum Gasteiger partial charge on any atom is -0.0683 e. The molecule has 0 aromatic heterocycles. The summed E-state index contributed by atoms with van der Waals surface area (Å²) in [4.78, 5) is 0. The molecule has 0 atom stereocenters. The molecule has 1 fully saturated rings. The van der Waals surface area contributed by atoms with E-state index in [-0.39, 0.29) is 0 Å². The van der Waals surface area contributed by atoms with Crippen LogP contribution in [0.25, 0.3) is 0 Å². The van der Waals surface area contributed by atoms with Gasteiger partial charge in [0.1, 0.15) is 0 Å². The van der Waals surface area contributed by atoms with Gasteiger partial charge in [0, 0.05) is 0 Å². The van der Waals surface area contributed by atoms with Crippen LogP contribution in [0.2, 0.25) is 0 Å². The van der Waals surface area contributed by atoms with Gasteiger partial charge in [-0.25, -0.2) is 0 Å². The molecule has 0 aromatic carbocycles. The van der Waals surface area contributed by atoms with E-state index < -0.39 is 0 Å². The van der Waals surface area contributed by atoms with Crippen molar-refractivity contribution in [1.82, 2.24) is 0 Å². The minimum absolute atomic E-state index is 0.538. The van der Waals surface area contributed by atoms with E-state index >= 15 is 0 Å². The Morgan fingerprint density at radius 1 is 1.00 bits per heavy atom. The number of hydrogen-bond donors (Lipinski definition) is 0. The van der Waals surface area contributed by atoms with E-state index in [9.17, 15) is 0 Å². The standard InChI is InChI=1S/C14H28.C2H6/c1-11(2)14(5,6)12-7-9-13(3,4)10-8-12;1-2/h11-12H,7-10H2,1-6H3;1-2H3. The van der Waals surface area contributed by atoms with Crippen molar-refractivity contribution in [2.75, 3.05) is 0 Å². The zero-order valence-corrected chi connectivity index (χ0v) is 13.0. The lowest BCUT2D eigenvalue weighted by Gasteiger charge is -2.44. The van der Waals surface area contributed by atoms with Crippen LogP contribution in [-0.2, 0) is 0 Å². The highest BCUT2D eigenvalue weighted by Crippen LogP contribution is 2.47. The number of rotatable bonds is 2. The fourth-order valence-electron chi connectivity index (χ4n) is 2.61. The first kappa shape index (κ1) is 16.0. The van der Waals surface area contributed by atoms with Crippen molar-refractivity contribution in [2.24, 2.45) is 22.7 Å². The zero-order chi connectivity index (χ0) is 13.0. The van der Waals surface area contributed by atoms with Gasteiger partial charge < -0.3 is 0 Å². The van der Waals surface area contributed by atoms with Gasteiger partial charge >= 0.3 is 0 Å². The summed E-state index contributed by atoms with van der Waals surface area (Å²) in [7, 11) is 0. The Morgan fingerprint density at radius 3 is 1.69 bits per heavy atom. The van der Waals surface area contributed by atoms with Gasteiger partial charge in [0.05, 0.1) is 0 Å². The third-order valence-electron chi connectivity index (χ3n) is 4.88. The van der Waals surface area contributed by atoms with Crippen LogP contribution >= 0.6 is 0 Å². The van der Waals surface area contributed by atoms with Gasteiger partial charge in [-0.15, -0.1) is 0 Å². The van der Waals surface area contributed by atoms with Crippen LogP contribution in [-0.4, -0.2) is 0 Å². The van der Waals surface area contributed by atoms with Crippen molar-refractivity contribution in [3.8, 4) is 0 Å². The Kier molecular flexibility index (Phi) is 6.07. The highest BCUT2D eigenvalue weighted by atomic mass is 14.4. The van der Waals surface area contributed by atoms with Crippen LogP contribution in [0.4, 0.5) is 0 Å².